The number of benzene rings is 1. The van der Waals surface area contributed by atoms with Crippen molar-refractivity contribution in [1.29, 1.82) is 0 Å². The van der Waals surface area contributed by atoms with Gasteiger partial charge in [-0.1, -0.05) is 12.1 Å². The number of likely N-dealkylation sites (N-methyl/N-ethyl adjacent to an activating group) is 1. The van der Waals surface area contributed by atoms with Crippen molar-refractivity contribution in [1.82, 2.24) is 25.2 Å². The molecule has 1 aromatic carbocycles. The molecule has 0 saturated carbocycles. The minimum Gasteiger partial charge on any atom is -0.491 e. The van der Waals surface area contributed by atoms with Gasteiger partial charge in [-0.3, -0.25) is 4.79 Å². The Kier molecular flexibility index (Phi) is 6.11. The molecule has 1 saturated heterocycles. The fraction of sp³-hybridized carbons (Fsp3) is 0.550. The monoisotopic (exact) mass is 371 g/mol. The summed E-state index contributed by atoms with van der Waals surface area (Å²) in [4.78, 5) is 14.9. The lowest BCUT2D eigenvalue weighted by Gasteiger charge is -2.32. The van der Waals surface area contributed by atoms with Gasteiger partial charge >= 0.3 is 0 Å². The average Bonchev–Trinajstić information content (AvgIpc) is 3.11. The van der Waals surface area contributed by atoms with Crippen molar-refractivity contribution < 1.29 is 9.53 Å². The summed E-state index contributed by atoms with van der Waals surface area (Å²) in [6.07, 6.45) is 2.91. The average molecular weight is 371 g/mol. The predicted octanol–water partition coefficient (Wildman–Crippen LogP) is 2.44. The largest absolute Gasteiger partial charge is 0.491 e. The second kappa shape index (κ2) is 8.52. The van der Waals surface area contributed by atoms with Crippen LogP contribution in [0.3, 0.4) is 0 Å². The van der Waals surface area contributed by atoms with Crippen LogP contribution in [-0.4, -0.2) is 58.1 Å². The number of nitrogens with one attached hydrogen (secondary N) is 1. The van der Waals surface area contributed by atoms with Gasteiger partial charge < -0.3 is 15.0 Å². The van der Waals surface area contributed by atoms with Crippen molar-refractivity contribution in [2.45, 2.75) is 52.2 Å². The Hall–Kier alpha value is -2.41. The third kappa shape index (κ3) is 4.30. The molecule has 27 heavy (non-hydrogen) atoms. The first-order chi connectivity index (χ1) is 13.0. The molecule has 1 unspecified atom stereocenters. The van der Waals surface area contributed by atoms with E-state index in [1.54, 1.807) is 4.68 Å². The lowest BCUT2D eigenvalue weighted by atomic mass is 10.1. The van der Waals surface area contributed by atoms with Crippen LogP contribution in [0.4, 0.5) is 0 Å². The molecule has 1 aliphatic heterocycles. The molecule has 2 heterocycles. The number of rotatable bonds is 6. The summed E-state index contributed by atoms with van der Waals surface area (Å²) >= 11 is 0. The van der Waals surface area contributed by atoms with E-state index >= 15 is 0 Å². The van der Waals surface area contributed by atoms with Crippen molar-refractivity contribution in [3.05, 3.63) is 35.7 Å². The van der Waals surface area contributed by atoms with Gasteiger partial charge in [0.1, 0.15) is 5.75 Å². The Balaban J connectivity index is 1.83. The third-order valence-electron chi connectivity index (χ3n) is 4.87. The van der Waals surface area contributed by atoms with Gasteiger partial charge in [0.2, 0.25) is 0 Å². The van der Waals surface area contributed by atoms with Crippen LogP contribution in [0.15, 0.2) is 24.3 Å². The van der Waals surface area contributed by atoms with Gasteiger partial charge in [-0.05, 0) is 64.4 Å². The molecule has 7 nitrogen and oxygen atoms in total. The summed E-state index contributed by atoms with van der Waals surface area (Å²) in [5.41, 5.74) is 2.17. The Labute approximate surface area is 160 Å². The SMILES string of the molecule is CCc1c(C(=O)N2CCCC(NC)C2)nnn1-c1ccc(OC(C)C)cc1. The molecule has 3 rings (SSSR count). The highest BCUT2D eigenvalue weighted by atomic mass is 16.5. The Bertz CT molecular complexity index is 769. The van der Waals surface area contributed by atoms with Crippen LogP contribution in [0.5, 0.6) is 5.75 Å². The molecule has 1 aliphatic rings. The normalized spacial score (nSPS) is 17.4. The zero-order valence-corrected chi connectivity index (χ0v) is 16.6. The van der Waals surface area contributed by atoms with E-state index in [1.165, 1.54) is 0 Å². The molecule has 1 aromatic heterocycles. The fourth-order valence-corrected chi connectivity index (χ4v) is 3.48. The van der Waals surface area contributed by atoms with Crippen LogP contribution in [-0.2, 0) is 6.42 Å². The third-order valence-corrected chi connectivity index (χ3v) is 4.87. The van der Waals surface area contributed by atoms with Crippen LogP contribution in [0.1, 0.15) is 49.8 Å². The molecule has 0 radical (unpaired) electrons. The maximum absolute atomic E-state index is 13.0. The van der Waals surface area contributed by atoms with E-state index in [2.05, 4.69) is 15.6 Å². The molecule has 0 bridgehead atoms. The molecule has 1 atom stereocenters. The van der Waals surface area contributed by atoms with Crippen LogP contribution < -0.4 is 10.1 Å². The van der Waals surface area contributed by atoms with Gasteiger partial charge in [-0.2, -0.15) is 0 Å². The molecular formula is C20H29N5O2. The number of carbonyl (C=O) groups excluding carboxylic acids is 1. The maximum Gasteiger partial charge on any atom is 0.276 e. The molecular weight excluding hydrogens is 342 g/mol. The highest BCUT2D eigenvalue weighted by Gasteiger charge is 2.28. The number of hydrogen-bond acceptors (Lipinski definition) is 5. The zero-order valence-electron chi connectivity index (χ0n) is 16.6. The smallest absolute Gasteiger partial charge is 0.276 e. The van der Waals surface area contributed by atoms with Gasteiger partial charge in [0.15, 0.2) is 5.69 Å². The molecule has 1 amide bonds. The Morgan fingerprint density at radius 1 is 1.33 bits per heavy atom. The number of likely N-dealkylation sites (tertiary alicyclic amines) is 1. The van der Waals surface area contributed by atoms with Crippen LogP contribution in [0.25, 0.3) is 5.69 Å². The molecule has 146 valence electrons. The molecule has 1 fully saturated rings. The van der Waals surface area contributed by atoms with Gasteiger partial charge in [0.05, 0.1) is 17.5 Å². The van der Waals surface area contributed by atoms with Gasteiger partial charge in [-0.15, -0.1) is 5.10 Å². The van der Waals surface area contributed by atoms with E-state index in [9.17, 15) is 4.79 Å². The molecule has 7 heteroatoms. The van der Waals surface area contributed by atoms with E-state index < -0.39 is 0 Å². The highest BCUT2D eigenvalue weighted by molar-refractivity contribution is 5.93. The standard InChI is InChI=1S/C20H29N5O2/c1-5-18-19(20(26)24-12-6-7-15(13-24)21-4)22-23-25(18)16-8-10-17(11-9-16)27-14(2)3/h8-11,14-15,21H,5-7,12-13H2,1-4H3. The van der Waals surface area contributed by atoms with E-state index in [0.717, 1.165) is 36.5 Å². The van der Waals surface area contributed by atoms with Gasteiger partial charge in [-0.25, -0.2) is 4.68 Å². The first-order valence-electron chi connectivity index (χ1n) is 9.71. The summed E-state index contributed by atoms with van der Waals surface area (Å²) in [5.74, 6) is 0.785. The number of ether oxygens (including phenoxy) is 1. The Morgan fingerprint density at radius 3 is 2.70 bits per heavy atom. The van der Waals surface area contributed by atoms with E-state index in [0.29, 0.717) is 24.7 Å². The van der Waals surface area contributed by atoms with Crippen LogP contribution >= 0.6 is 0 Å². The number of piperidine rings is 1. The molecule has 1 N–H and O–H groups in total. The summed E-state index contributed by atoms with van der Waals surface area (Å²) < 4.78 is 7.45. The second-order valence-electron chi connectivity index (χ2n) is 7.19. The van der Waals surface area contributed by atoms with Crippen molar-refractivity contribution >= 4 is 5.91 Å². The quantitative estimate of drug-likeness (QED) is 0.844. The van der Waals surface area contributed by atoms with Gasteiger partial charge in [0.25, 0.3) is 5.91 Å². The molecule has 0 spiro atoms. The number of hydrogen-bond donors (Lipinski definition) is 1. The fourth-order valence-electron chi connectivity index (χ4n) is 3.48. The van der Waals surface area contributed by atoms with Crippen LogP contribution in [0.2, 0.25) is 0 Å². The van der Waals surface area contributed by atoms with Crippen LogP contribution in [0, 0.1) is 0 Å². The minimum absolute atomic E-state index is 0.0298. The predicted molar refractivity (Wildman–Crippen MR) is 104 cm³/mol. The topological polar surface area (TPSA) is 72.3 Å². The first kappa shape index (κ1) is 19.4. The minimum atomic E-state index is -0.0298. The second-order valence-corrected chi connectivity index (χ2v) is 7.19. The van der Waals surface area contributed by atoms with E-state index in [4.69, 9.17) is 4.74 Å². The summed E-state index contributed by atoms with van der Waals surface area (Å²) in [7, 11) is 1.94. The van der Waals surface area contributed by atoms with Crippen molar-refractivity contribution in [3.8, 4) is 11.4 Å². The summed E-state index contributed by atoms with van der Waals surface area (Å²) in [6, 6.07) is 8.06. The molecule has 2 aromatic rings. The lowest BCUT2D eigenvalue weighted by Crippen LogP contribution is -2.47. The Morgan fingerprint density at radius 2 is 2.07 bits per heavy atom. The van der Waals surface area contributed by atoms with Crippen molar-refractivity contribution in [2.75, 3.05) is 20.1 Å². The highest BCUT2D eigenvalue weighted by Crippen LogP contribution is 2.20. The summed E-state index contributed by atoms with van der Waals surface area (Å²) in [6.45, 7) is 7.50. The number of amides is 1. The van der Waals surface area contributed by atoms with E-state index in [1.807, 2.05) is 57.0 Å². The number of aromatic nitrogens is 3. The lowest BCUT2D eigenvalue weighted by molar-refractivity contribution is 0.0691. The molecule has 0 aliphatic carbocycles. The van der Waals surface area contributed by atoms with Crippen molar-refractivity contribution in [2.24, 2.45) is 0 Å². The number of carbonyl (C=O) groups is 1. The number of nitrogens with zero attached hydrogens (tertiary/aromatic N) is 4. The van der Waals surface area contributed by atoms with E-state index in [-0.39, 0.29) is 12.0 Å². The maximum atomic E-state index is 13.0. The summed E-state index contributed by atoms with van der Waals surface area (Å²) in [5, 5.41) is 11.8. The zero-order chi connectivity index (χ0) is 19.4. The van der Waals surface area contributed by atoms with Gasteiger partial charge in [0, 0.05) is 19.1 Å². The van der Waals surface area contributed by atoms with Crippen molar-refractivity contribution in [3.63, 3.8) is 0 Å². The first-order valence-corrected chi connectivity index (χ1v) is 9.71.